The average molecular weight is 313 g/mol. The number of hydrogen-bond acceptors (Lipinski definition) is 6. The Morgan fingerprint density at radius 3 is 3.00 bits per heavy atom. The zero-order chi connectivity index (χ0) is 15.9. The summed E-state index contributed by atoms with van der Waals surface area (Å²) in [4.78, 5) is 18.9. The molecule has 120 valence electrons. The topological polar surface area (TPSA) is 68.5 Å². The van der Waals surface area contributed by atoms with Gasteiger partial charge in [-0.15, -0.1) is 0 Å². The molecule has 2 atom stereocenters. The molecule has 2 aliphatic rings. The van der Waals surface area contributed by atoms with Crippen LogP contribution in [0.3, 0.4) is 0 Å². The van der Waals surface area contributed by atoms with Gasteiger partial charge in [-0.1, -0.05) is 24.6 Å². The predicted molar refractivity (Wildman–Crippen MR) is 83.7 cm³/mol. The van der Waals surface area contributed by atoms with E-state index in [2.05, 4.69) is 15.0 Å². The first-order chi connectivity index (χ1) is 11.2. The normalized spacial score (nSPS) is 26.3. The molecule has 2 fully saturated rings. The van der Waals surface area contributed by atoms with E-state index in [0.29, 0.717) is 24.3 Å². The second-order valence-electron chi connectivity index (χ2n) is 6.38. The Hall–Kier alpha value is -2.37. The van der Waals surface area contributed by atoms with Crippen molar-refractivity contribution in [3.05, 3.63) is 30.3 Å². The zero-order valence-corrected chi connectivity index (χ0v) is 13.1. The Morgan fingerprint density at radius 1 is 1.39 bits per heavy atom. The fraction of sp³-hybridized carbons (Fsp3) is 0.471. The summed E-state index contributed by atoms with van der Waals surface area (Å²) in [5.74, 6) is 1.27. The standard InChI is InChI=1S/C17H19N3O3/c1-22-15(21)17-9-5-8-13(17)10-20(11-17)16-18-14(23-19-16)12-6-3-2-4-7-12/h2-4,6-7,13H,5,8-11H2,1H3/t13-,17+/m1/s1. The van der Waals surface area contributed by atoms with Crippen LogP contribution in [0.15, 0.2) is 34.9 Å². The summed E-state index contributed by atoms with van der Waals surface area (Å²) >= 11 is 0. The van der Waals surface area contributed by atoms with Gasteiger partial charge in [0.2, 0.25) is 0 Å². The number of carbonyl (C=O) groups excluding carboxylic acids is 1. The number of methoxy groups -OCH3 is 1. The maximum absolute atomic E-state index is 12.3. The van der Waals surface area contributed by atoms with Crippen molar-refractivity contribution in [3.8, 4) is 11.5 Å². The largest absolute Gasteiger partial charge is 0.469 e. The Labute approximate surface area is 134 Å². The van der Waals surface area contributed by atoms with E-state index >= 15 is 0 Å². The molecule has 0 N–H and O–H groups in total. The minimum absolute atomic E-state index is 0.103. The molecule has 0 radical (unpaired) electrons. The summed E-state index contributed by atoms with van der Waals surface area (Å²) in [6.07, 6.45) is 3.01. The maximum atomic E-state index is 12.3. The molecule has 1 saturated heterocycles. The Kier molecular flexibility index (Phi) is 3.32. The summed E-state index contributed by atoms with van der Waals surface area (Å²) in [5.41, 5.74) is 0.496. The third kappa shape index (κ3) is 2.20. The van der Waals surface area contributed by atoms with Gasteiger partial charge in [0.25, 0.3) is 11.8 Å². The van der Waals surface area contributed by atoms with E-state index < -0.39 is 5.41 Å². The van der Waals surface area contributed by atoms with Gasteiger partial charge in [0.05, 0.1) is 12.5 Å². The lowest BCUT2D eigenvalue weighted by Gasteiger charge is -2.24. The van der Waals surface area contributed by atoms with E-state index in [9.17, 15) is 4.79 Å². The van der Waals surface area contributed by atoms with Crippen molar-refractivity contribution >= 4 is 11.9 Å². The van der Waals surface area contributed by atoms with E-state index in [1.165, 1.54) is 7.11 Å². The monoisotopic (exact) mass is 313 g/mol. The van der Waals surface area contributed by atoms with Crippen molar-refractivity contribution in [2.24, 2.45) is 11.3 Å². The van der Waals surface area contributed by atoms with Crippen LogP contribution in [0.4, 0.5) is 5.95 Å². The highest BCUT2D eigenvalue weighted by molar-refractivity contribution is 5.79. The van der Waals surface area contributed by atoms with E-state index in [1.54, 1.807) is 0 Å². The molecule has 4 rings (SSSR count). The number of aromatic nitrogens is 2. The van der Waals surface area contributed by atoms with E-state index in [1.807, 2.05) is 30.3 Å². The molecule has 23 heavy (non-hydrogen) atoms. The molecule has 1 aliphatic carbocycles. The predicted octanol–water partition coefficient (Wildman–Crippen LogP) is 2.52. The molecule has 2 heterocycles. The van der Waals surface area contributed by atoms with Crippen LogP contribution in [0.25, 0.3) is 11.5 Å². The van der Waals surface area contributed by atoms with Crippen LogP contribution in [0.2, 0.25) is 0 Å². The Bertz CT molecular complexity index is 715. The van der Waals surface area contributed by atoms with Crippen molar-refractivity contribution in [1.82, 2.24) is 10.1 Å². The highest BCUT2D eigenvalue weighted by Crippen LogP contribution is 2.50. The van der Waals surface area contributed by atoms with Gasteiger partial charge >= 0.3 is 5.97 Å². The first-order valence-electron chi connectivity index (χ1n) is 7.95. The van der Waals surface area contributed by atoms with E-state index in [4.69, 9.17) is 9.26 Å². The van der Waals surface area contributed by atoms with Gasteiger partial charge in [0.15, 0.2) is 0 Å². The van der Waals surface area contributed by atoms with Gasteiger partial charge < -0.3 is 14.2 Å². The highest BCUT2D eigenvalue weighted by Gasteiger charge is 2.56. The molecular weight excluding hydrogens is 294 g/mol. The number of esters is 1. The van der Waals surface area contributed by atoms with Crippen LogP contribution in [0.5, 0.6) is 0 Å². The number of hydrogen-bond donors (Lipinski definition) is 0. The summed E-state index contributed by atoms with van der Waals surface area (Å²) in [6, 6.07) is 9.69. The molecule has 0 bridgehead atoms. The Balaban J connectivity index is 1.59. The number of rotatable bonds is 3. The Morgan fingerprint density at radius 2 is 2.22 bits per heavy atom. The van der Waals surface area contributed by atoms with Gasteiger partial charge in [-0.2, -0.15) is 4.98 Å². The van der Waals surface area contributed by atoms with Gasteiger partial charge in [-0.25, -0.2) is 0 Å². The van der Waals surface area contributed by atoms with Crippen LogP contribution in [-0.4, -0.2) is 36.3 Å². The fourth-order valence-corrected chi connectivity index (χ4v) is 4.02. The molecule has 1 aromatic heterocycles. The van der Waals surface area contributed by atoms with Crippen molar-refractivity contribution in [2.75, 3.05) is 25.1 Å². The molecule has 0 unspecified atom stereocenters. The minimum atomic E-state index is -0.401. The smallest absolute Gasteiger partial charge is 0.313 e. The zero-order valence-electron chi connectivity index (χ0n) is 13.1. The van der Waals surface area contributed by atoms with Crippen LogP contribution in [0, 0.1) is 11.3 Å². The minimum Gasteiger partial charge on any atom is -0.469 e. The molecule has 1 saturated carbocycles. The second-order valence-corrected chi connectivity index (χ2v) is 6.38. The SMILES string of the molecule is COC(=O)[C@]12CCC[C@@H]1CN(c1noc(-c3ccccc3)n1)C2. The van der Waals surface area contributed by atoms with Crippen molar-refractivity contribution < 1.29 is 14.1 Å². The molecule has 6 nitrogen and oxygen atoms in total. The van der Waals surface area contributed by atoms with Gasteiger partial charge in [0.1, 0.15) is 0 Å². The quantitative estimate of drug-likeness (QED) is 0.811. The fourth-order valence-electron chi connectivity index (χ4n) is 4.02. The second kappa shape index (κ2) is 5.37. The third-order valence-electron chi connectivity index (χ3n) is 5.18. The summed E-state index contributed by atoms with van der Waals surface area (Å²) in [7, 11) is 1.47. The van der Waals surface area contributed by atoms with Gasteiger partial charge in [0, 0.05) is 18.7 Å². The first-order valence-corrected chi connectivity index (χ1v) is 7.95. The van der Waals surface area contributed by atoms with Gasteiger partial charge in [-0.05, 0) is 36.0 Å². The number of fused-ring (bicyclic) bond motifs is 1. The van der Waals surface area contributed by atoms with Crippen molar-refractivity contribution in [1.29, 1.82) is 0 Å². The molecule has 2 aromatic rings. The number of benzene rings is 1. The number of ether oxygens (including phenoxy) is 1. The van der Waals surface area contributed by atoms with Crippen LogP contribution < -0.4 is 4.90 Å². The summed E-state index contributed by atoms with van der Waals surface area (Å²) in [5, 5.41) is 4.11. The lowest BCUT2D eigenvalue weighted by Crippen LogP contribution is -2.37. The van der Waals surface area contributed by atoms with Crippen molar-refractivity contribution in [3.63, 3.8) is 0 Å². The summed E-state index contributed by atoms with van der Waals surface area (Å²) < 4.78 is 10.5. The molecule has 0 spiro atoms. The van der Waals surface area contributed by atoms with Crippen molar-refractivity contribution in [2.45, 2.75) is 19.3 Å². The van der Waals surface area contributed by atoms with Crippen LogP contribution in [-0.2, 0) is 9.53 Å². The average Bonchev–Trinajstić information content (AvgIpc) is 3.28. The lowest BCUT2D eigenvalue weighted by atomic mass is 9.81. The molecule has 6 heteroatoms. The van der Waals surface area contributed by atoms with Crippen LogP contribution >= 0.6 is 0 Å². The van der Waals surface area contributed by atoms with Gasteiger partial charge in [-0.3, -0.25) is 4.79 Å². The third-order valence-corrected chi connectivity index (χ3v) is 5.18. The number of carbonyl (C=O) groups is 1. The maximum Gasteiger partial charge on any atom is 0.313 e. The molecule has 1 aromatic carbocycles. The van der Waals surface area contributed by atoms with E-state index in [-0.39, 0.29) is 5.97 Å². The molecule has 0 amide bonds. The van der Waals surface area contributed by atoms with Crippen LogP contribution in [0.1, 0.15) is 19.3 Å². The molecular formula is C17H19N3O3. The molecule has 1 aliphatic heterocycles. The number of anilines is 1. The number of nitrogens with zero attached hydrogens (tertiary/aromatic N) is 3. The first kappa shape index (κ1) is 14.2. The highest BCUT2D eigenvalue weighted by atomic mass is 16.5. The lowest BCUT2D eigenvalue weighted by molar-refractivity contribution is -0.152. The van der Waals surface area contributed by atoms with E-state index in [0.717, 1.165) is 31.4 Å². The summed E-state index contributed by atoms with van der Waals surface area (Å²) in [6.45, 7) is 1.39.